The van der Waals surface area contributed by atoms with Gasteiger partial charge in [-0.2, -0.15) is 0 Å². The van der Waals surface area contributed by atoms with Crippen molar-refractivity contribution in [2.75, 3.05) is 6.54 Å². The minimum atomic E-state index is -0.928. The molecule has 4 amide bonds. The van der Waals surface area contributed by atoms with E-state index < -0.39 is 23.8 Å². The van der Waals surface area contributed by atoms with Crippen molar-refractivity contribution in [3.05, 3.63) is 34.9 Å². The van der Waals surface area contributed by atoms with Crippen molar-refractivity contribution in [1.29, 1.82) is 0 Å². The number of nitrogens with one attached hydrogen (secondary N) is 3. The van der Waals surface area contributed by atoms with E-state index >= 15 is 0 Å². The van der Waals surface area contributed by atoms with Gasteiger partial charge in [-0.3, -0.25) is 29.4 Å². The van der Waals surface area contributed by atoms with Crippen LogP contribution in [0.1, 0.15) is 52.0 Å². The zero-order chi connectivity index (χ0) is 19.4. The van der Waals surface area contributed by atoms with Gasteiger partial charge in [-0.25, -0.2) is 0 Å². The third kappa shape index (κ3) is 2.67. The summed E-state index contributed by atoms with van der Waals surface area (Å²) in [6.45, 7) is 1.54. The van der Waals surface area contributed by atoms with E-state index in [-0.39, 0.29) is 18.7 Å². The molecule has 4 unspecified atom stereocenters. The Balaban J connectivity index is 1.37. The molecule has 3 N–H and O–H groups in total. The molecular formula is C20H22N4O4. The molecule has 4 aliphatic rings. The fourth-order valence-electron chi connectivity index (χ4n) is 5.06. The first-order valence-electron chi connectivity index (χ1n) is 9.83. The van der Waals surface area contributed by atoms with Crippen molar-refractivity contribution < 1.29 is 19.2 Å². The maximum Gasteiger partial charge on any atom is 0.262 e. The molecule has 3 aliphatic heterocycles. The molecule has 2 saturated heterocycles. The van der Waals surface area contributed by atoms with Gasteiger partial charge < -0.3 is 10.6 Å². The van der Waals surface area contributed by atoms with Crippen LogP contribution < -0.4 is 16.0 Å². The van der Waals surface area contributed by atoms with Gasteiger partial charge in [0.1, 0.15) is 6.04 Å². The molecule has 1 aromatic rings. The third-order valence-electron chi connectivity index (χ3n) is 6.47. The van der Waals surface area contributed by atoms with E-state index in [9.17, 15) is 19.2 Å². The van der Waals surface area contributed by atoms with Crippen molar-refractivity contribution in [2.45, 2.75) is 50.4 Å². The average Bonchev–Trinajstić information content (AvgIpc) is 3.36. The first kappa shape index (κ1) is 17.5. The molecule has 0 radical (unpaired) electrons. The molecule has 1 saturated carbocycles. The molecule has 8 heteroatoms. The van der Waals surface area contributed by atoms with Crippen LogP contribution in [0.15, 0.2) is 18.2 Å². The van der Waals surface area contributed by atoms with Gasteiger partial charge in [0.25, 0.3) is 11.8 Å². The van der Waals surface area contributed by atoms with Crippen LogP contribution in [0.2, 0.25) is 0 Å². The van der Waals surface area contributed by atoms with E-state index in [4.69, 9.17) is 0 Å². The molecule has 1 aliphatic carbocycles. The Hall–Kier alpha value is -2.58. The molecule has 1 aromatic carbocycles. The summed E-state index contributed by atoms with van der Waals surface area (Å²) in [5, 5.41) is 9.26. The smallest absolute Gasteiger partial charge is 0.262 e. The number of hydrogen-bond donors (Lipinski definition) is 3. The summed E-state index contributed by atoms with van der Waals surface area (Å²) in [5.41, 5.74) is 1.50. The Morgan fingerprint density at radius 2 is 1.96 bits per heavy atom. The largest absolute Gasteiger partial charge is 0.314 e. The predicted octanol–water partition coefficient (Wildman–Crippen LogP) is -0.0722. The number of nitrogens with zero attached hydrogens (tertiary/aromatic N) is 1. The van der Waals surface area contributed by atoms with E-state index in [0.717, 1.165) is 23.4 Å². The number of amides is 4. The van der Waals surface area contributed by atoms with Gasteiger partial charge in [0.05, 0.1) is 11.1 Å². The van der Waals surface area contributed by atoms with E-state index in [1.165, 1.54) is 6.42 Å². The second-order valence-corrected chi connectivity index (χ2v) is 8.11. The number of rotatable bonds is 4. The fraction of sp³-hybridized carbons (Fsp3) is 0.500. The molecule has 0 spiro atoms. The minimum absolute atomic E-state index is 0.122. The Morgan fingerprint density at radius 3 is 2.68 bits per heavy atom. The maximum atomic E-state index is 13.1. The minimum Gasteiger partial charge on any atom is -0.314 e. The van der Waals surface area contributed by atoms with Gasteiger partial charge in [-0.15, -0.1) is 0 Å². The van der Waals surface area contributed by atoms with Crippen molar-refractivity contribution in [2.24, 2.45) is 5.92 Å². The first-order chi connectivity index (χ1) is 13.5. The van der Waals surface area contributed by atoms with E-state index in [0.29, 0.717) is 35.7 Å². The average molecular weight is 382 g/mol. The number of carbonyl (C=O) groups is 4. The zero-order valence-electron chi connectivity index (χ0n) is 15.4. The zero-order valence-corrected chi connectivity index (χ0v) is 15.4. The van der Waals surface area contributed by atoms with Crippen LogP contribution in [-0.2, 0) is 16.1 Å². The van der Waals surface area contributed by atoms with Gasteiger partial charge in [-0.1, -0.05) is 12.1 Å². The predicted molar refractivity (Wildman–Crippen MR) is 98.3 cm³/mol. The topological polar surface area (TPSA) is 108 Å². The summed E-state index contributed by atoms with van der Waals surface area (Å²) in [6.07, 6.45) is 2.55. The van der Waals surface area contributed by atoms with Gasteiger partial charge >= 0.3 is 0 Å². The van der Waals surface area contributed by atoms with E-state index in [1.54, 1.807) is 12.1 Å². The number of imide groups is 2. The Bertz CT molecular complexity index is 898. The van der Waals surface area contributed by atoms with Crippen LogP contribution in [0, 0.1) is 5.92 Å². The van der Waals surface area contributed by atoms with Crippen molar-refractivity contribution in [1.82, 2.24) is 20.9 Å². The quantitative estimate of drug-likeness (QED) is 0.629. The summed E-state index contributed by atoms with van der Waals surface area (Å²) in [5.74, 6) is -1.25. The van der Waals surface area contributed by atoms with Crippen molar-refractivity contribution in [3.63, 3.8) is 0 Å². The molecule has 146 valence electrons. The summed E-state index contributed by atoms with van der Waals surface area (Å²) in [7, 11) is 0. The highest BCUT2D eigenvalue weighted by Crippen LogP contribution is 2.33. The van der Waals surface area contributed by atoms with E-state index in [2.05, 4.69) is 16.0 Å². The number of hydrogen-bond acceptors (Lipinski definition) is 6. The summed E-state index contributed by atoms with van der Waals surface area (Å²) in [6, 6.07) is 5.33. The van der Waals surface area contributed by atoms with Crippen LogP contribution in [0.25, 0.3) is 0 Å². The SMILES string of the molecule is O=C1CCC(N2C(=O)c3cccc(CNC4CC5CC4CN5)c3C2=O)C(=O)N1. The molecule has 4 atom stereocenters. The highest BCUT2D eigenvalue weighted by molar-refractivity contribution is 6.24. The Labute approximate surface area is 162 Å². The van der Waals surface area contributed by atoms with Gasteiger partial charge in [0, 0.05) is 25.0 Å². The number of benzene rings is 1. The Kier molecular flexibility index (Phi) is 4.06. The molecular weight excluding hydrogens is 360 g/mol. The molecule has 5 rings (SSSR count). The van der Waals surface area contributed by atoms with Crippen LogP contribution in [0.5, 0.6) is 0 Å². The lowest BCUT2D eigenvalue weighted by Gasteiger charge is -2.28. The number of piperidine rings is 2. The second kappa shape index (κ2) is 6.49. The van der Waals surface area contributed by atoms with Crippen LogP contribution in [0.4, 0.5) is 0 Å². The fourth-order valence-corrected chi connectivity index (χ4v) is 5.06. The summed E-state index contributed by atoms with van der Waals surface area (Å²) in [4.78, 5) is 50.6. The molecule has 28 heavy (non-hydrogen) atoms. The third-order valence-corrected chi connectivity index (χ3v) is 6.47. The lowest BCUT2D eigenvalue weighted by molar-refractivity contribution is -0.136. The summed E-state index contributed by atoms with van der Waals surface area (Å²) >= 11 is 0. The van der Waals surface area contributed by atoms with Crippen LogP contribution in [0.3, 0.4) is 0 Å². The number of carbonyl (C=O) groups excluding carboxylic acids is 4. The highest BCUT2D eigenvalue weighted by Gasteiger charge is 2.45. The van der Waals surface area contributed by atoms with Gasteiger partial charge in [0.2, 0.25) is 11.8 Å². The monoisotopic (exact) mass is 382 g/mol. The van der Waals surface area contributed by atoms with Crippen molar-refractivity contribution in [3.8, 4) is 0 Å². The second-order valence-electron chi connectivity index (χ2n) is 8.11. The normalized spacial score (nSPS) is 31.5. The van der Waals surface area contributed by atoms with Crippen LogP contribution >= 0.6 is 0 Å². The summed E-state index contributed by atoms with van der Waals surface area (Å²) < 4.78 is 0. The van der Waals surface area contributed by atoms with Gasteiger partial charge in [0.15, 0.2) is 0 Å². The van der Waals surface area contributed by atoms with Gasteiger partial charge in [-0.05, 0) is 43.4 Å². The molecule has 0 aromatic heterocycles. The molecule has 2 bridgehead atoms. The van der Waals surface area contributed by atoms with E-state index in [1.807, 2.05) is 6.07 Å². The molecule has 3 fully saturated rings. The van der Waals surface area contributed by atoms with Crippen LogP contribution in [-0.4, -0.2) is 53.2 Å². The molecule has 3 heterocycles. The highest BCUT2D eigenvalue weighted by atomic mass is 16.2. The lowest BCUT2D eigenvalue weighted by Crippen LogP contribution is -2.54. The lowest BCUT2D eigenvalue weighted by atomic mass is 10.0. The number of fused-ring (bicyclic) bond motifs is 3. The first-order valence-corrected chi connectivity index (χ1v) is 9.83. The molecule has 8 nitrogen and oxygen atoms in total. The Morgan fingerprint density at radius 1 is 1.11 bits per heavy atom. The van der Waals surface area contributed by atoms with Crippen molar-refractivity contribution >= 4 is 23.6 Å². The standard InChI is InChI=1S/C20H22N4O4/c25-16-5-4-15(18(26)23-16)24-19(27)13-3-1-2-10(17(13)20(24)28)8-22-14-7-12-6-11(14)9-21-12/h1-3,11-12,14-15,21-22H,4-9H2,(H,23,25,26). The maximum absolute atomic E-state index is 13.1.